The van der Waals surface area contributed by atoms with Crippen molar-refractivity contribution in [1.29, 1.82) is 0 Å². The molecule has 0 aromatic carbocycles. The minimum absolute atomic E-state index is 0.0739. The Bertz CT molecular complexity index is 365. The highest BCUT2D eigenvalue weighted by Gasteiger charge is 2.51. The summed E-state index contributed by atoms with van der Waals surface area (Å²) in [6.45, 7) is 7.98. The fourth-order valence-electron chi connectivity index (χ4n) is 3.15. The molecule has 2 saturated heterocycles. The third kappa shape index (κ3) is 3.26. The molecular weight excluding hydrogens is 256 g/mol. The zero-order chi connectivity index (χ0) is 15.0. The number of rotatable bonds is 3. The van der Waals surface area contributed by atoms with Gasteiger partial charge in [0.25, 0.3) is 0 Å². The Kier molecular flexibility index (Phi) is 4.30. The molecule has 0 saturated carbocycles. The number of hydrogen-bond donors (Lipinski definition) is 0. The molecule has 5 nitrogen and oxygen atoms in total. The second-order valence-electron chi connectivity index (χ2n) is 7.19. The minimum Gasteiger partial charge on any atom is -0.430 e. The molecular formula is C15H28N2O3. The summed E-state index contributed by atoms with van der Waals surface area (Å²) in [5.41, 5.74) is -0.0497. The zero-order valence-corrected chi connectivity index (χ0v) is 13.4. The molecule has 2 fully saturated rings. The van der Waals surface area contributed by atoms with Gasteiger partial charge in [-0.2, -0.15) is 0 Å². The highest BCUT2D eigenvalue weighted by molar-refractivity contribution is 5.67. The molecule has 2 aliphatic heterocycles. The number of carbonyl (C=O) groups excluding carboxylic acids is 1. The third-order valence-electron chi connectivity index (χ3n) is 4.23. The summed E-state index contributed by atoms with van der Waals surface area (Å²) < 4.78 is 11.6. The Labute approximate surface area is 122 Å². The lowest BCUT2D eigenvalue weighted by atomic mass is 9.95. The van der Waals surface area contributed by atoms with Crippen LogP contribution in [-0.2, 0) is 9.47 Å². The van der Waals surface area contributed by atoms with Crippen LogP contribution in [0.3, 0.4) is 0 Å². The van der Waals surface area contributed by atoms with E-state index in [1.165, 1.54) is 4.90 Å². The largest absolute Gasteiger partial charge is 0.430 e. The first-order chi connectivity index (χ1) is 9.23. The standard InChI is InChI=1S/C15H28N2O3/c1-14(2,3)19-11-15-8-6-10-17(15)12(7-9-15)20-13(18)16(4)5/h12H,6-11H2,1-5H3/t12-,15-/m1/s1. The van der Waals surface area contributed by atoms with Gasteiger partial charge in [-0.25, -0.2) is 4.79 Å². The van der Waals surface area contributed by atoms with Crippen LogP contribution in [0.25, 0.3) is 0 Å². The van der Waals surface area contributed by atoms with Crippen LogP contribution in [0.4, 0.5) is 4.79 Å². The summed E-state index contributed by atoms with van der Waals surface area (Å²) in [6, 6.07) is 0. The van der Waals surface area contributed by atoms with Gasteiger partial charge in [0.05, 0.1) is 12.2 Å². The van der Waals surface area contributed by atoms with Gasteiger partial charge >= 0.3 is 6.09 Å². The molecule has 0 spiro atoms. The van der Waals surface area contributed by atoms with Crippen molar-refractivity contribution in [3.63, 3.8) is 0 Å². The number of amides is 1. The molecule has 0 unspecified atom stereocenters. The number of ether oxygens (including phenoxy) is 2. The lowest BCUT2D eigenvalue weighted by Gasteiger charge is -2.36. The number of hydrogen-bond acceptors (Lipinski definition) is 4. The molecule has 0 aliphatic carbocycles. The van der Waals surface area contributed by atoms with E-state index in [9.17, 15) is 4.79 Å². The lowest BCUT2D eigenvalue weighted by molar-refractivity contribution is -0.0811. The summed E-state index contributed by atoms with van der Waals surface area (Å²) in [7, 11) is 3.44. The summed E-state index contributed by atoms with van der Waals surface area (Å²) in [4.78, 5) is 15.6. The molecule has 0 aromatic heterocycles. The average Bonchev–Trinajstić information content (AvgIpc) is 2.86. The Morgan fingerprint density at radius 3 is 2.65 bits per heavy atom. The topological polar surface area (TPSA) is 42.0 Å². The highest BCUT2D eigenvalue weighted by Crippen LogP contribution is 2.43. The fourth-order valence-corrected chi connectivity index (χ4v) is 3.15. The van der Waals surface area contributed by atoms with Crippen LogP contribution in [0.1, 0.15) is 46.5 Å². The van der Waals surface area contributed by atoms with Crippen LogP contribution >= 0.6 is 0 Å². The van der Waals surface area contributed by atoms with Gasteiger partial charge in [-0.1, -0.05) is 0 Å². The highest BCUT2D eigenvalue weighted by atomic mass is 16.6. The molecule has 5 heteroatoms. The van der Waals surface area contributed by atoms with E-state index in [4.69, 9.17) is 9.47 Å². The molecule has 2 aliphatic rings. The summed E-state index contributed by atoms with van der Waals surface area (Å²) in [6.07, 6.45) is 3.91. The molecule has 2 atom stereocenters. The maximum atomic E-state index is 11.8. The zero-order valence-electron chi connectivity index (χ0n) is 13.4. The van der Waals surface area contributed by atoms with Crippen molar-refractivity contribution in [2.45, 2.75) is 63.8 Å². The fraction of sp³-hybridized carbons (Fsp3) is 0.933. The first-order valence-corrected chi connectivity index (χ1v) is 7.52. The van der Waals surface area contributed by atoms with Gasteiger partial charge in [0, 0.05) is 32.6 Å². The van der Waals surface area contributed by atoms with Gasteiger partial charge in [-0.15, -0.1) is 0 Å². The van der Waals surface area contributed by atoms with Crippen LogP contribution < -0.4 is 0 Å². The molecule has 0 radical (unpaired) electrons. The quantitative estimate of drug-likeness (QED) is 0.798. The minimum atomic E-state index is -0.255. The predicted molar refractivity (Wildman–Crippen MR) is 77.6 cm³/mol. The maximum Gasteiger partial charge on any atom is 0.410 e. The van der Waals surface area contributed by atoms with E-state index >= 15 is 0 Å². The van der Waals surface area contributed by atoms with E-state index in [2.05, 4.69) is 25.7 Å². The van der Waals surface area contributed by atoms with Crippen molar-refractivity contribution in [1.82, 2.24) is 9.80 Å². The molecule has 2 heterocycles. The molecule has 2 rings (SSSR count). The lowest BCUT2D eigenvalue weighted by Crippen LogP contribution is -2.48. The molecule has 1 amide bonds. The molecule has 116 valence electrons. The molecule has 0 aromatic rings. The van der Waals surface area contributed by atoms with Gasteiger partial charge in [0.15, 0.2) is 6.23 Å². The van der Waals surface area contributed by atoms with E-state index < -0.39 is 0 Å². The Hall–Kier alpha value is -0.810. The Morgan fingerprint density at radius 1 is 1.35 bits per heavy atom. The van der Waals surface area contributed by atoms with Crippen LogP contribution in [0.5, 0.6) is 0 Å². The third-order valence-corrected chi connectivity index (χ3v) is 4.23. The van der Waals surface area contributed by atoms with Gasteiger partial charge in [-0.3, -0.25) is 4.90 Å². The van der Waals surface area contributed by atoms with Crippen molar-refractivity contribution in [3.8, 4) is 0 Å². The van der Waals surface area contributed by atoms with Gasteiger partial charge in [-0.05, 0) is 40.0 Å². The van der Waals surface area contributed by atoms with E-state index in [0.717, 1.165) is 38.8 Å². The van der Waals surface area contributed by atoms with E-state index in [-0.39, 0.29) is 23.5 Å². The van der Waals surface area contributed by atoms with Crippen molar-refractivity contribution in [3.05, 3.63) is 0 Å². The van der Waals surface area contributed by atoms with Crippen LogP contribution in [0.2, 0.25) is 0 Å². The van der Waals surface area contributed by atoms with Gasteiger partial charge < -0.3 is 14.4 Å². The van der Waals surface area contributed by atoms with Crippen LogP contribution in [-0.4, -0.2) is 60.5 Å². The first kappa shape index (κ1) is 15.6. The van der Waals surface area contributed by atoms with Crippen molar-refractivity contribution in [2.75, 3.05) is 27.2 Å². The summed E-state index contributed by atoms with van der Waals surface area (Å²) >= 11 is 0. The van der Waals surface area contributed by atoms with Crippen LogP contribution in [0.15, 0.2) is 0 Å². The Balaban J connectivity index is 1.99. The van der Waals surface area contributed by atoms with Crippen molar-refractivity contribution >= 4 is 6.09 Å². The number of nitrogens with zero attached hydrogens (tertiary/aromatic N) is 2. The monoisotopic (exact) mass is 284 g/mol. The van der Waals surface area contributed by atoms with E-state index in [0.29, 0.717) is 0 Å². The number of fused-ring (bicyclic) bond motifs is 1. The van der Waals surface area contributed by atoms with Gasteiger partial charge in [0.1, 0.15) is 0 Å². The van der Waals surface area contributed by atoms with E-state index in [1.807, 2.05) is 0 Å². The van der Waals surface area contributed by atoms with E-state index in [1.54, 1.807) is 14.1 Å². The normalized spacial score (nSPS) is 30.4. The smallest absolute Gasteiger partial charge is 0.410 e. The van der Waals surface area contributed by atoms with Crippen LogP contribution in [0, 0.1) is 0 Å². The Morgan fingerprint density at radius 2 is 2.05 bits per heavy atom. The second kappa shape index (κ2) is 5.53. The van der Waals surface area contributed by atoms with Crippen molar-refractivity contribution < 1.29 is 14.3 Å². The predicted octanol–water partition coefficient (Wildman–Crippen LogP) is 2.45. The van der Waals surface area contributed by atoms with Crippen molar-refractivity contribution in [2.24, 2.45) is 0 Å². The molecule has 0 bridgehead atoms. The molecule has 0 N–H and O–H groups in total. The number of carbonyl (C=O) groups is 1. The average molecular weight is 284 g/mol. The summed E-state index contributed by atoms with van der Waals surface area (Å²) in [5.74, 6) is 0. The second-order valence-corrected chi connectivity index (χ2v) is 7.19. The first-order valence-electron chi connectivity index (χ1n) is 7.52. The SMILES string of the molecule is CN(C)C(=O)O[C@@H]1CC[C@@]2(COC(C)(C)C)CCCN12. The maximum absolute atomic E-state index is 11.8. The van der Waals surface area contributed by atoms with Gasteiger partial charge in [0.2, 0.25) is 0 Å². The summed E-state index contributed by atoms with van der Waals surface area (Å²) in [5, 5.41) is 0. The molecule has 20 heavy (non-hydrogen) atoms.